The molecule has 200 valence electrons. The normalized spacial score (nSPS) is 19.2. The highest BCUT2D eigenvalue weighted by Gasteiger charge is 2.42. The molecule has 2 fully saturated rings. The van der Waals surface area contributed by atoms with E-state index < -0.39 is 0 Å². The maximum Gasteiger partial charge on any atom is 0.414 e. The van der Waals surface area contributed by atoms with Crippen LogP contribution in [0.5, 0.6) is 5.75 Å². The zero-order valence-corrected chi connectivity index (χ0v) is 22.3. The standard InChI is InChI=1S/C32H33N3O4/c1-21-16-25(35-14-15-38-31(35)37)6-7-26(21)22-2-4-23(5-3-22)29(36)19-34-13-8-24-17-30-27(18-28(24)34)32(20-39-30)9-11-33-12-10-32/h2-7,16-18,33H,8-15,19-20H2,1H3. The van der Waals surface area contributed by atoms with E-state index in [4.69, 9.17) is 9.47 Å². The number of hydrogen-bond acceptors (Lipinski definition) is 6. The summed E-state index contributed by atoms with van der Waals surface area (Å²) in [4.78, 5) is 29.2. The van der Waals surface area contributed by atoms with E-state index in [0.29, 0.717) is 19.7 Å². The molecular formula is C32H33N3O4. The molecule has 2 saturated heterocycles. The van der Waals surface area contributed by atoms with E-state index in [2.05, 4.69) is 22.3 Å². The first-order chi connectivity index (χ1) is 19.0. The predicted molar refractivity (Wildman–Crippen MR) is 151 cm³/mol. The van der Waals surface area contributed by atoms with Crippen LogP contribution in [0.3, 0.4) is 0 Å². The summed E-state index contributed by atoms with van der Waals surface area (Å²) in [6.07, 6.45) is 2.83. The summed E-state index contributed by atoms with van der Waals surface area (Å²) in [7, 11) is 0. The van der Waals surface area contributed by atoms with Gasteiger partial charge in [0.15, 0.2) is 5.78 Å². The Bertz CT molecular complexity index is 1460. The lowest BCUT2D eigenvalue weighted by Gasteiger charge is -2.33. The van der Waals surface area contributed by atoms with Crippen LogP contribution in [-0.2, 0) is 16.6 Å². The Morgan fingerprint density at radius 3 is 2.56 bits per heavy atom. The van der Waals surface area contributed by atoms with E-state index in [1.807, 2.05) is 49.4 Å². The Hall–Kier alpha value is -3.84. The minimum atomic E-state index is -0.297. The number of Topliss-reactive ketones (excluding diaryl/α,β-unsaturated/α-hetero) is 1. The number of hydrogen-bond donors (Lipinski definition) is 1. The second kappa shape index (κ2) is 9.42. The van der Waals surface area contributed by atoms with Crippen molar-refractivity contribution < 1.29 is 19.1 Å². The van der Waals surface area contributed by atoms with Gasteiger partial charge in [-0.15, -0.1) is 0 Å². The molecule has 39 heavy (non-hydrogen) atoms. The first-order valence-corrected chi connectivity index (χ1v) is 14.0. The minimum absolute atomic E-state index is 0.109. The summed E-state index contributed by atoms with van der Waals surface area (Å²) in [5.41, 5.74) is 8.69. The van der Waals surface area contributed by atoms with Crippen molar-refractivity contribution in [1.29, 1.82) is 0 Å². The lowest BCUT2D eigenvalue weighted by atomic mass is 9.74. The van der Waals surface area contributed by atoms with Gasteiger partial charge in [-0.05, 0) is 85.8 Å². The number of fused-ring (bicyclic) bond motifs is 3. The Morgan fingerprint density at radius 1 is 1.00 bits per heavy atom. The Labute approximate surface area is 228 Å². The van der Waals surface area contributed by atoms with Crippen LogP contribution in [0.4, 0.5) is 16.2 Å². The fourth-order valence-corrected chi connectivity index (χ4v) is 6.66. The molecule has 7 rings (SSSR count). The predicted octanol–water partition coefficient (Wildman–Crippen LogP) is 4.88. The third kappa shape index (κ3) is 4.16. The zero-order chi connectivity index (χ0) is 26.6. The third-order valence-electron chi connectivity index (χ3n) is 8.94. The number of anilines is 2. The van der Waals surface area contributed by atoms with Gasteiger partial charge in [0.1, 0.15) is 12.4 Å². The molecule has 0 aromatic heterocycles. The first-order valence-electron chi connectivity index (χ1n) is 14.0. The number of ether oxygens (including phenoxy) is 2. The topological polar surface area (TPSA) is 71.1 Å². The maximum absolute atomic E-state index is 13.4. The number of nitrogens with zero attached hydrogens (tertiary/aromatic N) is 2. The first kappa shape index (κ1) is 24.2. The van der Waals surface area contributed by atoms with Crippen molar-refractivity contribution in [3.63, 3.8) is 0 Å². The number of carbonyl (C=O) groups excluding carboxylic acids is 2. The number of rotatable bonds is 5. The number of cyclic esters (lactones) is 1. The Kier molecular flexibility index (Phi) is 5.85. The maximum atomic E-state index is 13.4. The minimum Gasteiger partial charge on any atom is -0.492 e. The van der Waals surface area contributed by atoms with Crippen molar-refractivity contribution >= 4 is 23.3 Å². The van der Waals surface area contributed by atoms with Crippen molar-refractivity contribution in [3.8, 4) is 16.9 Å². The van der Waals surface area contributed by atoms with E-state index in [0.717, 1.165) is 79.2 Å². The summed E-state index contributed by atoms with van der Waals surface area (Å²) in [6.45, 7) is 7.08. The van der Waals surface area contributed by atoms with Crippen molar-refractivity contribution in [2.45, 2.75) is 31.6 Å². The van der Waals surface area contributed by atoms with Gasteiger partial charge in [0.05, 0.1) is 19.7 Å². The monoisotopic (exact) mass is 523 g/mol. The quantitative estimate of drug-likeness (QED) is 0.481. The van der Waals surface area contributed by atoms with Crippen molar-refractivity contribution in [2.75, 3.05) is 55.7 Å². The van der Waals surface area contributed by atoms with Crippen LogP contribution in [0.25, 0.3) is 11.1 Å². The van der Waals surface area contributed by atoms with Crippen molar-refractivity contribution in [3.05, 3.63) is 76.9 Å². The van der Waals surface area contributed by atoms with E-state index in [-0.39, 0.29) is 17.3 Å². The molecule has 3 aromatic carbocycles. The molecule has 0 atom stereocenters. The second-order valence-corrected chi connectivity index (χ2v) is 11.2. The van der Waals surface area contributed by atoms with Gasteiger partial charge in [0, 0.05) is 34.5 Å². The van der Waals surface area contributed by atoms with Crippen LogP contribution in [0.2, 0.25) is 0 Å². The average Bonchev–Trinajstić information content (AvgIpc) is 3.66. The molecule has 0 bridgehead atoms. The highest BCUT2D eigenvalue weighted by Crippen LogP contribution is 2.48. The Morgan fingerprint density at radius 2 is 1.82 bits per heavy atom. The van der Waals surface area contributed by atoms with Crippen LogP contribution in [0.15, 0.2) is 54.6 Å². The van der Waals surface area contributed by atoms with Crippen molar-refractivity contribution in [2.24, 2.45) is 0 Å². The number of nitrogens with one attached hydrogen (secondary N) is 1. The van der Waals surface area contributed by atoms with Gasteiger partial charge in [-0.2, -0.15) is 0 Å². The molecule has 7 nitrogen and oxygen atoms in total. The molecule has 0 radical (unpaired) electrons. The number of amides is 1. The van der Waals surface area contributed by atoms with Gasteiger partial charge in [-0.25, -0.2) is 4.79 Å². The van der Waals surface area contributed by atoms with Crippen LogP contribution < -0.4 is 19.9 Å². The van der Waals surface area contributed by atoms with Crippen LogP contribution in [-0.4, -0.2) is 57.8 Å². The van der Waals surface area contributed by atoms with Gasteiger partial charge in [0.2, 0.25) is 0 Å². The summed E-state index contributed by atoms with van der Waals surface area (Å²) in [6, 6.07) is 18.4. The molecule has 7 heteroatoms. The van der Waals surface area contributed by atoms with Gasteiger partial charge in [-0.1, -0.05) is 30.3 Å². The smallest absolute Gasteiger partial charge is 0.414 e. The summed E-state index contributed by atoms with van der Waals surface area (Å²) in [5.74, 6) is 1.17. The molecular weight excluding hydrogens is 490 g/mol. The zero-order valence-electron chi connectivity index (χ0n) is 22.3. The lowest BCUT2D eigenvalue weighted by molar-refractivity contribution is 0.0999. The van der Waals surface area contributed by atoms with E-state index >= 15 is 0 Å². The van der Waals surface area contributed by atoms with E-state index in [1.54, 1.807) is 4.90 Å². The van der Waals surface area contributed by atoms with Gasteiger partial charge < -0.3 is 19.7 Å². The molecule has 1 N–H and O–H groups in total. The van der Waals surface area contributed by atoms with E-state index in [1.165, 1.54) is 16.8 Å². The fraction of sp³-hybridized carbons (Fsp3) is 0.375. The van der Waals surface area contributed by atoms with Crippen molar-refractivity contribution in [1.82, 2.24) is 5.32 Å². The van der Waals surface area contributed by atoms with Gasteiger partial charge in [0.25, 0.3) is 0 Å². The molecule has 1 amide bonds. The Balaban J connectivity index is 1.07. The highest BCUT2D eigenvalue weighted by atomic mass is 16.6. The summed E-state index contributed by atoms with van der Waals surface area (Å²) in [5, 5.41) is 3.48. The highest BCUT2D eigenvalue weighted by molar-refractivity contribution is 6.00. The molecule has 1 spiro atoms. The van der Waals surface area contributed by atoms with E-state index in [9.17, 15) is 9.59 Å². The summed E-state index contributed by atoms with van der Waals surface area (Å²) < 4.78 is 11.2. The lowest BCUT2D eigenvalue weighted by Crippen LogP contribution is -2.41. The van der Waals surface area contributed by atoms with Crippen LogP contribution in [0.1, 0.15) is 39.9 Å². The number of piperidine rings is 1. The molecule has 0 saturated carbocycles. The molecule has 3 aromatic rings. The number of aryl methyl sites for hydroxylation is 1. The molecule has 4 aliphatic heterocycles. The molecule has 0 aliphatic carbocycles. The fourth-order valence-electron chi connectivity index (χ4n) is 6.66. The number of benzene rings is 3. The van der Waals surface area contributed by atoms with Gasteiger partial charge in [-0.3, -0.25) is 9.69 Å². The average molecular weight is 524 g/mol. The SMILES string of the molecule is Cc1cc(N2CCOC2=O)ccc1-c1ccc(C(=O)CN2CCc3cc4c(cc32)C2(CCNCC2)CO4)cc1. The second-order valence-electron chi connectivity index (χ2n) is 11.2. The number of ketones is 1. The van der Waals surface area contributed by atoms with Gasteiger partial charge >= 0.3 is 6.09 Å². The molecule has 4 heterocycles. The third-order valence-corrected chi connectivity index (χ3v) is 8.94. The van der Waals surface area contributed by atoms with Crippen LogP contribution in [0, 0.1) is 6.92 Å². The molecule has 0 unspecified atom stereocenters. The summed E-state index contributed by atoms with van der Waals surface area (Å²) >= 11 is 0. The molecule has 4 aliphatic rings. The van der Waals surface area contributed by atoms with Crippen LogP contribution >= 0.6 is 0 Å². The number of carbonyl (C=O) groups is 2. The largest absolute Gasteiger partial charge is 0.492 e.